The first-order valence-corrected chi connectivity index (χ1v) is 8.10. The van der Waals surface area contributed by atoms with Gasteiger partial charge in [-0.25, -0.2) is 9.78 Å². The number of hydrogen-bond acceptors (Lipinski definition) is 6. The lowest BCUT2D eigenvalue weighted by atomic mass is 10.0. The average molecular weight is 332 g/mol. The van der Waals surface area contributed by atoms with E-state index in [0.717, 1.165) is 36.2 Å². The quantitative estimate of drug-likeness (QED) is 0.730. The third kappa shape index (κ3) is 2.17. The van der Waals surface area contributed by atoms with Gasteiger partial charge in [0.15, 0.2) is 11.4 Å². The number of fused-ring (bicyclic) bond motifs is 1. The van der Waals surface area contributed by atoms with E-state index < -0.39 is 5.79 Å². The van der Waals surface area contributed by atoms with Crippen molar-refractivity contribution in [2.24, 2.45) is 14.1 Å². The number of nitrogens with zero attached hydrogens (tertiary/aromatic N) is 4. The smallest absolute Gasteiger partial charge is 0.332 e. The Bertz CT molecular complexity index is 901. The van der Waals surface area contributed by atoms with Crippen LogP contribution >= 0.6 is 0 Å². The molecule has 0 saturated carbocycles. The minimum atomic E-state index is -0.461. The van der Waals surface area contributed by atoms with Crippen LogP contribution in [0.15, 0.2) is 21.9 Å². The number of rotatable bonds is 1. The number of anilines is 1. The maximum Gasteiger partial charge on any atom is 0.332 e. The van der Waals surface area contributed by atoms with E-state index in [1.807, 2.05) is 6.07 Å². The van der Waals surface area contributed by atoms with Gasteiger partial charge in [0, 0.05) is 46.2 Å². The summed E-state index contributed by atoms with van der Waals surface area (Å²) in [5, 5.41) is 0.478. The molecule has 2 aliphatic heterocycles. The minimum absolute atomic E-state index is 0.315. The van der Waals surface area contributed by atoms with Gasteiger partial charge in [0.2, 0.25) is 0 Å². The van der Waals surface area contributed by atoms with Crippen LogP contribution in [0.3, 0.4) is 0 Å². The fourth-order valence-electron chi connectivity index (χ4n) is 3.61. The number of aryl methyl sites for hydroxylation is 1. The standard InChI is InChI=1S/C16H20N4O4/c1-18-13-12(14(21)19(2)15(18)22)11(3-6-17-13)20-7-4-16(5-8-20)23-9-10-24-16/h3,6H,4-5,7-10H2,1-2H3. The molecule has 0 unspecified atom stereocenters. The molecule has 0 atom stereocenters. The molecule has 2 fully saturated rings. The highest BCUT2D eigenvalue weighted by molar-refractivity contribution is 5.88. The molecule has 1 spiro atoms. The fraction of sp³-hybridized carbons (Fsp3) is 0.562. The van der Waals surface area contributed by atoms with Gasteiger partial charge in [-0.2, -0.15) is 0 Å². The Morgan fingerprint density at radius 2 is 1.75 bits per heavy atom. The number of piperidine rings is 1. The molecule has 2 aromatic heterocycles. The van der Waals surface area contributed by atoms with Gasteiger partial charge < -0.3 is 14.4 Å². The van der Waals surface area contributed by atoms with E-state index in [2.05, 4.69) is 9.88 Å². The van der Waals surface area contributed by atoms with Crippen molar-refractivity contribution in [2.75, 3.05) is 31.2 Å². The summed E-state index contributed by atoms with van der Waals surface area (Å²) in [6.07, 6.45) is 3.15. The Morgan fingerprint density at radius 3 is 2.42 bits per heavy atom. The zero-order valence-corrected chi connectivity index (χ0v) is 13.8. The Kier molecular flexibility index (Phi) is 3.47. The van der Waals surface area contributed by atoms with Crippen molar-refractivity contribution in [3.05, 3.63) is 33.1 Å². The van der Waals surface area contributed by atoms with Crippen molar-refractivity contribution in [1.82, 2.24) is 14.1 Å². The topological polar surface area (TPSA) is 78.6 Å². The lowest BCUT2D eigenvalue weighted by molar-refractivity contribution is -0.169. The molecular weight excluding hydrogens is 312 g/mol. The van der Waals surface area contributed by atoms with Crippen LogP contribution in [0.25, 0.3) is 11.0 Å². The third-order valence-corrected chi connectivity index (χ3v) is 5.00. The molecule has 0 aliphatic carbocycles. The van der Waals surface area contributed by atoms with Crippen molar-refractivity contribution in [2.45, 2.75) is 18.6 Å². The highest BCUT2D eigenvalue weighted by Crippen LogP contribution is 2.34. The van der Waals surface area contributed by atoms with Gasteiger partial charge in [-0.15, -0.1) is 0 Å². The van der Waals surface area contributed by atoms with E-state index in [4.69, 9.17) is 9.47 Å². The predicted molar refractivity (Wildman–Crippen MR) is 88.3 cm³/mol. The normalized spacial score (nSPS) is 20.2. The van der Waals surface area contributed by atoms with E-state index in [1.165, 1.54) is 11.6 Å². The molecule has 4 rings (SSSR count). The van der Waals surface area contributed by atoms with Crippen molar-refractivity contribution < 1.29 is 9.47 Å². The Hall–Kier alpha value is -2.19. The van der Waals surface area contributed by atoms with Crippen LogP contribution < -0.4 is 16.1 Å². The van der Waals surface area contributed by atoms with Gasteiger partial charge in [0.1, 0.15) is 5.39 Å². The third-order valence-electron chi connectivity index (χ3n) is 5.00. The number of aromatic nitrogens is 3. The molecular formula is C16H20N4O4. The van der Waals surface area contributed by atoms with E-state index in [0.29, 0.717) is 24.2 Å². The molecule has 0 N–H and O–H groups in total. The molecule has 8 heteroatoms. The number of ether oxygens (including phenoxy) is 2. The summed E-state index contributed by atoms with van der Waals surface area (Å²) >= 11 is 0. The molecule has 0 aromatic carbocycles. The monoisotopic (exact) mass is 332 g/mol. The van der Waals surface area contributed by atoms with Crippen LogP contribution in [0.2, 0.25) is 0 Å². The molecule has 8 nitrogen and oxygen atoms in total. The molecule has 128 valence electrons. The summed E-state index contributed by atoms with van der Waals surface area (Å²) in [5.41, 5.74) is 0.533. The predicted octanol–water partition coefficient (Wildman–Crippen LogP) is -0.0245. The van der Waals surface area contributed by atoms with Crippen molar-refractivity contribution >= 4 is 16.7 Å². The van der Waals surface area contributed by atoms with E-state index in [-0.39, 0.29) is 11.2 Å². The summed E-state index contributed by atoms with van der Waals surface area (Å²) in [6, 6.07) is 1.84. The molecule has 4 heterocycles. The van der Waals surface area contributed by atoms with Gasteiger partial charge in [-0.3, -0.25) is 13.9 Å². The molecule has 0 radical (unpaired) electrons. The molecule has 2 aromatic rings. The highest BCUT2D eigenvalue weighted by atomic mass is 16.7. The number of hydrogen-bond donors (Lipinski definition) is 0. The largest absolute Gasteiger partial charge is 0.370 e. The maximum absolute atomic E-state index is 12.6. The Labute approximate surface area is 138 Å². The van der Waals surface area contributed by atoms with Gasteiger partial charge in [0.25, 0.3) is 5.56 Å². The van der Waals surface area contributed by atoms with Crippen molar-refractivity contribution in [3.8, 4) is 0 Å². The Morgan fingerprint density at radius 1 is 1.08 bits per heavy atom. The second-order valence-corrected chi connectivity index (χ2v) is 6.33. The first kappa shape index (κ1) is 15.3. The minimum Gasteiger partial charge on any atom is -0.370 e. The molecule has 0 amide bonds. The summed E-state index contributed by atoms with van der Waals surface area (Å²) in [7, 11) is 3.12. The second kappa shape index (κ2) is 5.42. The first-order chi connectivity index (χ1) is 11.5. The van der Waals surface area contributed by atoms with Crippen molar-refractivity contribution in [3.63, 3.8) is 0 Å². The zero-order valence-electron chi connectivity index (χ0n) is 13.8. The number of pyridine rings is 1. The van der Waals surface area contributed by atoms with Crippen LogP contribution in [-0.4, -0.2) is 46.2 Å². The summed E-state index contributed by atoms with van der Waals surface area (Å²) in [6.45, 7) is 2.73. The fourth-order valence-corrected chi connectivity index (χ4v) is 3.61. The summed E-state index contributed by atoms with van der Waals surface area (Å²) < 4.78 is 14.1. The van der Waals surface area contributed by atoms with Crippen molar-refractivity contribution in [1.29, 1.82) is 0 Å². The molecule has 2 aliphatic rings. The Balaban J connectivity index is 1.78. The zero-order chi connectivity index (χ0) is 16.9. The highest BCUT2D eigenvalue weighted by Gasteiger charge is 2.40. The van der Waals surface area contributed by atoms with Gasteiger partial charge >= 0.3 is 5.69 Å². The lowest BCUT2D eigenvalue weighted by Crippen LogP contribution is -2.46. The van der Waals surface area contributed by atoms with Gasteiger partial charge in [-0.1, -0.05) is 0 Å². The summed E-state index contributed by atoms with van der Waals surface area (Å²) in [5.74, 6) is -0.461. The van der Waals surface area contributed by atoms with Crippen LogP contribution in [-0.2, 0) is 23.6 Å². The van der Waals surface area contributed by atoms with E-state index >= 15 is 0 Å². The van der Waals surface area contributed by atoms with Crippen LogP contribution in [0, 0.1) is 0 Å². The van der Waals surface area contributed by atoms with Gasteiger partial charge in [0.05, 0.1) is 18.9 Å². The van der Waals surface area contributed by atoms with Gasteiger partial charge in [-0.05, 0) is 6.07 Å². The second-order valence-electron chi connectivity index (χ2n) is 6.33. The maximum atomic E-state index is 12.6. The SMILES string of the molecule is Cn1c(=O)c2c(N3CCC4(CC3)OCCO4)ccnc2n(C)c1=O. The first-order valence-electron chi connectivity index (χ1n) is 8.10. The summed E-state index contributed by atoms with van der Waals surface area (Å²) in [4.78, 5) is 31.1. The average Bonchev–Trinajstić information content (AvgIpc) is 3.06. The van der Waals surface area contributed by atoms with E-state index in [1.54, 1.807) is 13.2 Å². The molecule has 2 saturated heterocycles. The van der Waals surface area contributed by atoms with E-state index in [9.17, 15) is 9.59 Å². The lowest BCUT2D eigenvalue weighted by Gasteiger charge is -2.38. The van der Waals surface area contributed by atoms with Crippen LogP contribution in [0.5, 0.6) is 0 Å². The molecule has 24 heavy (non-hydrogen) atoms. The van der Waals surface area contributed by atoms with Crippen LogP contribution in [0.4, 0.5) is 5.69 Å². The molecule has 0 bridgehead atoms. The van der Waals surface area contributed by atoms with Crippen LogP contribution in [0.1, 0.15) is 12.8 Å².